The molecule has 0 amide bonds. The molecule has 0 saturated carbocycles. The van der Waals surface area contributed by atoms with Gasteiger partial charge in [0.1, 0.15) is 17.6 Å². The van der Waals surface area contributed by atoms with Gasteiger partial charge in [-0.05, 0) is 25.1 Å². The molecule has 3 rings (SSSR count). The molecular weight excluding hydrogens is 416 g/mol. The van der Waals surface area contributed by atoms with E-state index in [1.165, 1.54) is 31.5 Å². The molecule has 0 bridgehead atoms. The molecule has 27 heavy (non-hydrogen) atoms. The molecule has 1 N–H and O–H groups in total. The number of aromatic nitrogens is 1. The van der Waals surface area contributed by atoms with Gasteiger partial charge in [0, 0.05) is 22.5 Å². The third-order valence-electron chi connectivity index (χ3n) is 3.94. The molecule has 1 aliphatic rings. The largest absolute Gasteiger partial charge is 0.466 e. The molecule has 1 aromatic heterocycles. The van der Waals surface area contributed by atoms with Crippen LogP contribution in [0.25, 0.3) is 0 Å². The van der Waals surface area contributed by atoms with Crippen LogP contribution in [0.3, 0.4) is 0 Å². The highest BCUT2D eigenvalue weighted by Crippen LogP contribution is 2.36. The molecule has 1 aromatic carbocycles. The van der Waals surface area contributed by atoms with Gasteiger partial charge in [-0.3, -0.25) is 4.99 Å². The Balaban J connectivity index is 2.17. The van der Waals surface area contributed by atoms with E-state index in [0.29, 0.717) is 27.8 Å². The first-order valence-corrected chi connectivity index (χ1v) is 8.85. The summed E-state index contributed by atoms with van der Waals surface area (Å²) < 4.78 is 18.3. The van der Waals surface area contributed by atoms with Gasteiger partial charge in [-0.15, -0.1) is 0 Å². The van der Waals surface area contributed by atoms with E-state index in [-0.39, 0.29) is 15.6 Å². The first-order chi connectivity index (χ1) is 12.8. The summed E-state index contributed by atoms with van der Waals surface area (Å²) in [5.41, 5.74) is 1.54. The average Bonchev–Trinajstić information content (AvgIpc) is 2.60. The topological polar surface area (TPSA) is 63.6 Å². The predicted molar refractivity (Wildman–Crippen MR) is 103 cm³/mol. The van der Waals surface area contributed by atoms with E-state index in [9.17, 15) is 9.18 Å². The van der Waals surface area contributed by atoms with Crippen LogP contribution in [-0.4, -0.2) is 23.9 Å². The van der Waals surface area contributed by atoms with Crippen molar-refractivity contribution in [3.63, 3.8) is 0 Å². The number of benzene rings is 1. The van der Waals surface area contributed by atoms with Crippen molar-refractivity contribution in [2.24, 2.45) is 4.99 Å². The second kappa shape index (κ2) is 7.84. The number of pyridine rings is 1. The maximum atomic E-state index is 13.5. The third-order valence-corrected chi connectivity index (χ3v) is 4.76. The predicted octanol–water partition coefficient (Wildman–Crippen LogP) is 4.72. The average molecular weight is 429 g/mol. The summed E-state index contributed by atoms with van der Waals surface area (Å²) in [6.45, 7) is 1.69. The van der Waals surface area contributed by atoms with Gasteiger partial charge in [0.2, 0.25) is 0 Å². The molecule has 1 aliphatic heterocycles. The van der Waals surface area contributed by atoms with E-state index in [1.807, 2.05) is 0 Å². The molecule has 1 atom stereocenters. The molecule has 2 heterocycles. The minimum atomic E-state index is -0.824. The first-order valence-electron chi connectivity index (χ1n) is 7.72. The Morgan fingerprint density at radius 1 is 1.22 bits per heavy atom. The monoisotopic (exact) mass is 427 g/mol. The number of ether oxygens (including phenoxy) is 1. The summed E-state index contributed by atoms with van der Waals surface area (Å²) >= 11 is 18.3. The fourth-order valence-corrected chi connectivity index (χ4v) is 3.45. The van der Waals surface area contributed by atoms with Crippen LogP contribution in [0.1, 0.15) is 24.2 Å². The highest BCUT2D eigenvalue weighted by atomic mass is 35.5. The van der Waals surface area contributed by atoms with Crippen LogP contribution in [-0.2, 0) is 9.53 Å². The zero-order chi connectivity index (χ0) is 19.7. The Bertz CT molecular complexity index is 992. The summed E-state index contributed by atoms with van der Waals surface area (Å²) in [5, 5.41) is 3.80. The second-order valence-electron chi connectivity index (χ2n) is 5.69. The lowest BCUT2D eigenvalue weighted by atomic mass is 9.95. The van der Waals surface area contributed by atoms with Crippen LogP contribution in [0.4, 0.5) is 4.39 Å². The number of nitrogens with one attached hydrogen (secondary N) is 1. The number of nitrogens with zero attached hydrogens (tertiary/aromatic N) is 2. The van der Waals surface area contributed by atoms with Crippen LogP contribution in [0.5, 0.6) is 0 Å². The second-order valence-corrected chi connectivity index (χ2v) is 6.94. The first kappa shape index (κ1) is 19.6. The van der Waals surface area contributed by atoms with E-state index < -0.39 is 17.8 Å². The van der Waals surface area contributed by atoms with E-state index >= 15 is 0 Å². The zero-order valence-electron chi connectivity index (χ0n) is 14.2. The Morgan fingerprint density at radius 3 is 2.59 bits per heavy atom. The fourth-order valence-electron chi connectivity index (χ4n) is 2.71. The Hall–Kier alpha value is -2.15. The van der Waals surface area contributed by atoms with Gasteiger partial charge in [0.15, 0.2) is 5.84 Å². The van der Waals surface area contributed by atoms with E-state index in [0.717, 1.165) is 6.07 Å². The quantitative estimate of drug-likeness (QED) is 0.719. The van der Waals surface area contributed by atoms with Crippen molar-refractivity contribution < 1.29 is 13.9 Å². The Morgan fingerprint density at radius 2 is 1.96 bits per heavy atom. The van der Waals surface area contributed by atoms with Gasteiger partial charge in [-0.25, -0.2) is 14.2 Å². The van der Waals surface area contributed by atoms with Gasteiger partial charge >= 0.3 is 5.97 Å². The number of esters is 1. The van der Waals surface area contributed by atoms with Crippen LogP contribution >= 0.6 is 34.8 Å². The van der Waals surface area contributed by atoms with Crippen molar-refractivity contribution in [1.82, 2.24) is 10.3 Å². The number of carbonyl (C=O) groups is 1. The molecule has 0 saturated heterocycles. The summed E-state index contributed by atoms with van der Waals surface area (Å²) in [5.74, 6) is -0.750. The molecule has 0 aliphatic carbocycles. The van der Waals surface area contributed by atoms with Crippen molar-refractivity contribution in [1.29, 1.82) is 0 Å². The number of allylic oxidation sites excluding steroid dienone is 1. The maximum absolute atomic E-state index is 13.5. The molecule has 140 valence electrons. The lowest BCUT2D eigenvalue weighted by Gasteiger charge is -2.26. The maximum Gasteiger partial charge on any atom is 0.338 e. The van der Waals surface area contributed by atoms with Gasteiger partial charge in [0.25, 0.3) is 0 Å². The summed E-state index contributed by atoms with van der Waals surface area (Å²) in [7, 11) is 1.27. The molecule has 2 aromatic rings. The lowest BCUT2D eigenvalue weighted by Crippen LogP contribution is -2.33. The molecule has 0 spiro atoms. The Labute approximate surface area is 169 Å². The number of hydrogen-bond acceptors (Lipinski definition) is 5. The normalized spacial score (nSPS) is 16.7. The standard InChI is InChI=1S/C18H13Cl3FN3O2/c1-8-14(18(26)27-2)15(11-4-3-10(22)6-12(11)20)25-17(24-8)16-13(21)5-9(19)7-23-16/h3-7,15H,1-2H3,(H,24,25). The van der Waals surface area contributed by atoms with Crippen molar-refractivity contribution in [2.75, 3.05) is 7.11 Å². The summed E-state index contributed by atoms with van der Waals surface area (Å²) in [6.07, 6.45) is 1.43. The highest BCUT2D eigenvalue weighted by Gasteiger charge is 2.32. The third kappa shape index (κ3) is 3.93. The molecular formula is C18H13Cl3FN3O2. The van der Waals surface area contributed by atoms with Crippen LogP contribution in [0, 0.1) is 5.82 Å². The summed E-state index contributed by atoms with van der Waals surface area (Å²) in [6, 6.07) is 4.59. The molecule has 9 heteroatoms. The van der Waals surface area contributed by atoms with Crippen LogP contribution in [0.15, 0.2) is 46.7 Å². The minimum absolute atomic E-state index is 0.134. The molecule has 0 fully saturated rings. The van der Waals surface area contributed by atoms with E-state index in [1.54, 1.807) is 6.92 Å². The number of aliphatic imine (C=N–C) groups is 1. The molecule has 1 unspecified atom stereocenters. The Kier molecular flexibility index (Phi) is 5.69. The van der Waals surface area contributed by atoms with Crippen molar-refractivity contribution in [2.45, 2.75) is 13.0 Å². The number of hydrogen-bond donors (Lipinski definition) is 1. The smallest absolute Gasteiger partial charge is 0.338 e. The molecule has 0 radical (unpaired) electrons. The van der Waals surface area contributed by atoms with E-state index in [4.69, 9.17) is 39.5 Å². The number of halogens is 4. The number of carbonyl (C=O) groups excluding carboxylic acids is 1. The SMILES string of the molecule is COC(=O)C1=C(C)NC(c2ncc(Cl)cc2Cl)=NC1c1ccc(F)cc1Cl. The van der Waals surface area contributed by atoms with Crippen LogP contribution < -0.4 is 5.32 Å². The summed E-state index contributed by atoms with van der Waals surface area (Å²) in [4.78, 5) is 21.1. The van der Waals surface area contributed by atoms with E-state index in [2.05, 4.69) is 15.3 Å². The minimum Gasteiger partial charge on any atom is -0.466 e. The fraction of sp³-hybridized carbons (Fsp3) is 0.167. The number of amidine groups is 1. The van der Waals surface area contributed by atoms with Gasteiger partial charge in [0.05, 0.1) is 22.7 Å². The highest BCUT2D eigenvalue weighted by molar-refractivity contribution is 6.36. The number of methoxy groups -OCH3 is 1. The lowest BCUT2D eigenvalue weighted by molar-refractivity contribution is -0.136. The van der Waals surface area contributed by atoms with Gasteiger partial charge in [-0.2, -0.15) is 0 Å². The van der Waals surface area contributed by atoms with Gasteiger partial charge in [-0.1, -0.05) is 40.9 Å². The zero-order valence-corrected chi connectivity index (χ0v) is 16.5. The van der Waals surface area contributed by atoms with Crippen molar-refractivity contribution >= 4 is 46.6 Å². The van der Waals surface area contributed by atoms with Crippen LogP contribution in [0.2, 0.25) is 15.1 Å². The van der Waals surface area contributed by atoms with Crippen molar-refractivity contribution in [3.8, 4) is 0 Å². The van der Waals surface area contributed by atoms with Gasteiger partial charge < -0.3 is 10.1 Å². The van der Waals surface area contributed by atoms with Crippen molar-refractivity contribution in [3.05, 3.63) is 73.9 Å². The number of rotatable bonds is 3. The molecule has 5 nitrogen and oxygen atoms in total.